The summed E-state index contributed by atoms with van der Waals surface area (Å²) in [6.07, 6.45) is 8.95. The molecule has 4 heterocycles. The number of anilines is 1. The summed E-state index contributed by atoms with van der Waals surface area (Å²) in [7, 11) is 1.97. The molecule has 0 aromatic carbocycles. The molecule has 0 N–H and O–H groups in total. The first kappa shape index (κ1) is 16.7. The molecule has 1 aliphatic heterocycles. The first-order valence-corrected chi connectivity index (χ1v) is 9.12. The van der Waals surface area contributed by atoms with Gasteiger partial charge in [-0.05, 0) is 50.8 Å². The van der Waals surface area contributed by atoms with Crippen LogP contribution in [0.4, 0.5) is 5.95 Å². The van der Waals surface area contributed by atoms with Gasteiger partial charge in [-0.25, -0.2) is 9.97 Å². The molecule has 1 atom stereocenters. The van der Waals surface area contributed by atoms with Crippen molar-refractivity contribution in [3.05, 3.63) is 53.7 Å². The van der Waals surface area contributed by atoms with Gasteiger partial charge in [-0.2, -0.15) is 5.10 Å². The Balaban J connectivity index is 1.63. The fraction of sp³-hybridized carbons (Fsp3) is 0.400. The van der Waals surface area contributed by atoms with E-state index in [0.29, 0.717) is 6.04 Å². The van der Waals surface area contributed by atoms with E-state index in [9.17, 15) is 0 Å². The summed E-state index contributed by atoms with van der Waals surface area (Å²) in [6, 6.07) is 6.54. The van der Waals surface area contributed by atoms with E-state index in [1.165, 1.54) is 12.0 Å². The summed E-state index contributed by atoms with van der Waals surface area (Å²) in [5.74, 6) is 0.816. The average Bonchev–Trinajstić information content (AvgIpc) is 3.20. The van der Waals surface area contributed by atoms with Crippen LogP contribution in [0.25, 0.3) is 11.3 Å². The number of aromatic nitrogens is 5. The molecule has 1 aliphatic rings. The molecule has 0 aliphatic carbocycles. The van der Waals surface area contributed by atoms with Crippen molar-refractivity contribution in [2.75, 3.05) is 11.4 Å². The van der Waals surface area contributed by atoms with E-state index in [1.807, 2.05) is 49.4 Å². The molecule has 134 valence electrons. The Bertz CT molecular complexity index is 902. The zero-order valence-corrected chi connectivity index (χ0v) is 15.6. The second-order valence-electron chi connectivity index (χ2n) is 6.97. The summed E-state index contributed by atoms with van der Waals surface area (Å²) in [4.78, 5) is 16.1. The van der Waals surface area contributed by atoms with E-state index < -0.39 is 0 Å². The average molecular weight is 348 g/mol. The zero-order valence-electron chi connectivity index (χ0n) is 15.6. The SMILES string of the molecule is Cc1nn(C)c(C)c1-c1ccnc(N2CCCC2Cc2cccnc2)n1. The number of rotatable bonds is 4. The number of pyridine rings is 1. The molecule has 0 saturated carbocycles. The van der Waals surface area contributed by atoms with E-state index in [2.05, 4.69) is 33.0 Å². The van der Waals surface area contributed by atoms with Gasteiger partial charge in [-0.15, -0.1) is 0 Å². The fourth-order valence-corrected chi connectivity index (χ4v) is 3.87. The lowest BCUT2D eigenvalue weighted by Gasteiger charge is -2.25. The Labute approximate surface area is 153 Å². The van der Waals surface area contributed by atoms with Gasteiger partial charge in [0.25, 0.3) is 0 Å². The van der Waals surface area contributed by atoms with Gasteiger partial charge >= 0.3 is 0 Å². The third-order valence-electron chi connectivity index (χ3n) is 5.24. The second-order valence-corrected chi connectivity index (χ2v) is 6.97. The minimum absolute atomic E-state index is 0.422. The van der Waals surface area contributed by atoms with Crippen LogP contribution in [0.5, 0.6) is 0 Å². The van der Waals surface area contributed by atoms with Crippen LogP contribution < -0.4 is 4.90 Å². The van der Waals surface area contributed by atoms with Crippen molar-refractivity contribution in [3.8, 4) is 11.3 Å². The Morgan fingerprint density at radius 3 is 2.81 bits per heavy atom. The van der Waals surface area contributed by atoms with E-state index in [1.54, 1.807) is 0 Å². The standard InChI is InChI=1S/C20H24N6/c1-14-19(15(2)25(3)24-14)18-8-10-22-20(23-18)26-11-5-7-17(26)12-16-6-4-9-21-13-16/h4,6,8-10,13,17H,5,7,11-12H2,1-3H3. The third-order valence-corrected chi connectivity index (χ3v) is 5.24. The summed E-state index contributed by atoms with van der Waals surface area (Å²) in [6.45, 7) is 5.11. The van der Waals surface area contributed by atoms with Gasteiger partial charge in [0.2, 0.25) is 5.95 Å². The van der Waals surface area contributed by atoms with Crippen molar-refractivity contribution in [2.24, 2.45) is 7.05 Å². The van der Waals surface area contributed by atoms with Crippen LogP contribution >= 0.6 is 0 Å². The summed E-state index contributed by atoms with van der Waals surface area (Å²) in [5.41, 5.74) is 5.45. The predicted octanol–water partition coefficient (Wildman–Crippen LogP) is 3.10. The van der Waals surface area contributed by atoms with Crippen LogP contribution in [0.2, 0.25) is 0 Å². The molecule has 0 radical (unpaired) electrons. The molecular formula is C20H24N6. The highest BCUT2D eigenvalue weighted by Gasteiger charge is 2.27. The molecular weight excluding hydrogens is 324 g/mol. The quantitative estimate of drug-likeness (QED) is 0.725. The zero-order chi connectivity index (χ0) is 18.1. The Morgan fingerprint density at radius 1 is 1.19 bits per heavy atom. The van der Waals surface area contributed by atoms with E-state index >= 15 is 0 Å². The van der Waals surface area contributed by atoms with Crippen molar-refractivity contribution in [1.82, 2.24) is 24.7 Å². The molecule has 6 nitrogen and oxygen atoms in total. The molecule has 0 spiro atoms. The maximum Gasteiger partial charge on any atom is 0.226 e. The van der Waals surface area contributed by atoms with Crippen LogP contribution in [0.15, 0.2) is 36.8 Å². The summed E-state index contributed by atoms with van der Waals surface area (Å²) >= 11 is 0. The van der Waals surface area contributed by atoms with Gasteiger partial charge in [0.1, 0.15) is 0 Å². The van der Waals surface area contributed by atoms with Crippen LogP contribution in [0.1, 0.15) is 29.8 Å². The van der Waals surface area contributed by atoms with Gasteiger partial charge in [0, 0.05) is 49.5 Å². The predicted molar refractivity (Wildman–Crippen MR) is 102 cm³/mol. The lowest BCUT2D eigenvalue weighted by molar-refractivity contribution is 0.650. The van der Waals surface area contributed by atoms with Crippen molar-refractivity contribution < 1.29 is 0 Å². The maximum atomic E-state index is 4.90. The molecule has 26 heavy (non-hydrogen) atoms. The molecule has 6 heteroatoms. The number of hydrogen-bond acceptors (Lipinski definition) is 5. The van der Waals surface area contributed by atoms with E-state index in [4.69, 9.17) is 4.98 Å². The molecule has 0 bridgehead atoms. The van der Waals surface area contributed by atoms with Gasteiger partial charge < -0.3 is 4.90 Å². The first-order valence-electron chi connectivity index (χ1n) is 9.12. The molecule has 1 fully saturated rings. The van der Waals surface area contributed by atoms with Gasteiger partial charge in [-0.1, -0.05) is 6.07 Å². The molecule has 1 saturated heterocycles. The van der Waals surface area contributed by atoms with E-state index in [0.717, 1.165) is 48.0 Å². The lowest BCUT2D eigenvalue weighted by Crippen LogP contribution is -2.32. The van der Waals surface area contributed by atoms with Crippen LogP contribution in [0, 0.1) is 13.8 Å². The van der Waals surface area contributed by atoms with Crippen LogP contribution in [-0.4, -0.2) is 37.3 Å². The van der Waals surface area contributed by atoms with Gasteiger partial charge in [-0.3, -0.25) is 9.67 Å². The minimum Gasteiger partial charge on any atom is -0.337 e. The van der Waals surface area contributed by atoms with Crippen molar-refractivity contribution in [3.63, 3.8) is 0 Å². The molecule has 4 rings (SSSR count). The summed E-state index contributed by atoms with van der Waals surface area (Å²) < 4.78 is 1.91. The largest absolute Gasteiger partial charge is 0.337 e. The normalized spacial score (nSPS) is 17.0. The number of nitrogens with zero attached hydrogens (tertiary/aromatic N) is 6. The second kappa shape index (κ2) is 6.86. The van der Waals surface area contributed by atoms with E-state index in [-0.39, 0.29) is 0 Å². The molecule has 3 aromatic rings. The number of aryl methyl sites for hydroxylation is 2. The van der Waals surface area contributed by atoms with Crippen molar-refractivity contribution >= 4 is 5.95 Å². The van der Waals surface area contributed by atoms with Gasteiger partial charge in [0.15, 0.2) is 0 Å². The maximum absolute atomic E-state index is 4.90. The minimum atomic E-state index is 0.422. The lowest BCUT2D eigenvalue weighted by atomic mass is 10.1. The Kier molecular flexibility index (Phi) is 4.41. The molecule has 0 amide bonds. The Morgan fingerprint density at radius 2 is 2.08 bits per heavy atom. The Hall–Kier alpha value is -2.76. The van der Waals surface area contributed by atoms with Crippen LogP contribution in [0.3, 0.4) is 0 Å². The summed E-state index contributed by atoms with van der Waals surface area (Å²) in [5, 5.41) is 4.52. The highest BCUT2D eigenvalue weighted by molar-refractivity contribution is 5.65. The van der Waals surface area contributed by atoms with Crippen LogP contribution in [-0.2, 0) is 13.5 Å². The third kappa shape index (κ3) is 3.07. The number of hydrogen-bond donors (Lipinski definition) is 0. The van der Waals surface area contributed by atoms with Gasteiger partial charge in [0.05, 0.1) is 11.4 Å². The van der Waals surface area contributed by atoms with Crippen molar-refractivity contribution in [2.45, 2.75) is 39.2 Å². The molecule has 1 unspecified atom stereocenters. The molecule has 3 aromatic heterocycles. The smallest absolute Gasteiger partial charge is 0.226 e. The topological polar surface area (TPSA) is 59.7 Å². The fourth-order valence-electron chi connectivity index (χ4n) is 3.87. The highest BCUT2D eigenvalue weighted by atomic mass is 15.3. The highest BCUT2D eigenvalue weighted by Crippen LogP contribution is 2.29. The monoisotopic (exact) mass is 348 g/mol. The first-order chi connectivity index (χ1) is 12.6. The van der Waals surface area contributed by atoms with Crippen molar-refractivity contribution in [1.29, 1.82) is 0 Å².